The molecule has 1 aromatic rings. The molecule has 1 unspecified atom stereocenters. The van der Waals surface area contributed by atoms with Crippen LogP contribution in [-0.4, -0.2) is 23.5 Å². The van der Waals surface area contributed by atoms with Crippen LogP contribution >= 0.6 is 0 Å². The first-order chi connectivity index (χ1) is 7.84. The third kappa shape index (κ3) is 3.70. The molecule has 0 bridgehead atoms. The summed E-state index contributed by atoms with van der Waals surface area (Å²) in [5.41, 5.74) is 4.34. The molecule has 1 rings (SSSR count). The van der Waals surface area contributed by atoms with Crippen molar-refractivity contribution in [2.75, 3.05) is 6.54 Å². The van der Waals surface area contributed by atoms with Crippen molar-refractivity contribution in [3.05, 3.63) is 29.6 Å². The first-order valence-electron chi connectivity index (χ1n) is 4.88. The van der Waals surface area contributed by atoms with Gasteiger partial charge in [0.25, 0.3) is 5.91 Å². The molecule has 3 N–H and O–H groups in total. The van der Waals surface area contributed by atoms with Crippen LogP contribution in [-0.2, 0) is 6.18 Å². The molecule has 1 amide bonds. The normalized spacial score (nSPS) is 13.2. The number of aromatic nitrogens is 1. The molecule has 94 valence electrons. The monoisotopic (exact) mass is 247 g/mol. The van der Waals surface area contributed by atoms with Gasteiger partial charge in [0, 0.05) is 18.8 Å². The Hall–Kier alpha value is -1.63. The third-order valence-corrected chi connectivity index (χ3v) is 2.05. The van der Waals surface area contributed by atoms with Gasteiger partial charge in [-0.2, -0.15) is 13.2 Å². The van der Waals surface area contributed by atoms with Crippen molar-refractivity contribution in [1.82, 2.24) is 10.3 Å². The molecule has 17 heavy (non-hydrogen) atoms. The van der Waals surface area contributed by atoms with Crippen LogP contribution in [0.3, 0.4) is 0 Å². The lowest BCUT2D eigenvalue weighted by Gasteiger charge is -2.11. The summed E-state index contributed by atoms with van der Waals surface area (Å²) in [6.45, 7) is 1.94. The molecule has 0 aromatic carbocycles. The number of pyridine rings is 1. The van der Waals surface area contributed by atoms with E-state index in [1.54, 1.807) is 6.92 Å². The van der Waals surface area contributed by atoms with Crippen molar-refractivity contribution < 1.29 is 18.0 Å². The van der Waals surface area contributed by atoms with Crippen LogP contribution in [0.4, 0.5) is 13.2 Å². The lowest BCUT2D eigenvalue weighted by atomic mass is 10.2. The lowest BCUT2D eigenvalue weighted by Crippen LogP contribution is -2.37. The van der Waals surface area contributed by atoms with Crippen molar-refractivity contribution in [2.45, 2.75) is 19.1 Å². The van der Waals surface area contributed by atoms with Gasteiger partial charge in [0.1, 0.15) is 5.69 Å². The average molecular weight is 247 g/mol. The van der Waals surface area contributed by atoms with Gasteiger partial charge in [-0.3, -0.25) is 9.78 Å². The van der Waals surface area contributed by atoms with Gasteiger partial charge in [-0.1, -0.05) is 0 Å². The van der Waals surface area contributed by atoms with E-state index in [-0.39, 0.29) is 18.2 Å². The van der Waals surface area contributed by atoms with Crippen LogP contribution in [0, 0.1) is 0 Å². The van der Waals surface area contributed by atoms with Crippen LogP contribution in [0.1, 0.15) is 23.0 Å². The molecule has 7 heteroatoms. The predicted octanol–water partition coefficient (Wildman–Crippen LogP) is 1.18. The average Bonchev–Trinajstić information content (AvgIpc) is 2.27. The summed E-state index contributed by atoms with van der Waals surface area (Å²) in [4.78, 5) is 14.7. The fourth-order valence-corrected chi connectivity index (χ4v) is 1.06. The van der Waals surface area contributed by atoms with Gasteiger partial charge in [-0.05, 0) is 19.1 Å². The molecular weight excluding hydrogens is 235 g/mol. The maximum atomic E-state index is 12.2. The Morgan fingerprint density at radius 2 is 2.18 bits per heavy atom. The first-order valence-corrected chi connectivity index (χ1v) is 4.88. The summed E-state index contributed by atoms with van der Waals surface area (Å²) in [6.07, 6.45) is -3.61. The van der Waals surface area contributed by atoms with Crippen LogP contribution < -0.4 is 11.1 Å². The Morgan fingerprint density at radius 1 is 1.53 bits per heavy atom. The molecule has 1 aromatic heterocycles. The molecule has 0 aliphatic heterocycles. The van der Waals surface area contributed by atoms with Gasteiger partial charge >= 0.3 is 6.18 Å². The Labute approximate surface area is 96.0 Å². The molecular formula is C10H12F3N3O. The molecule has 0 spiro atoms. The summed E-state index contributed by atoms with van der Waals surface area (Å²) in [5.74, 6) is -0.496. The van der Waals surface area contributed by atoms with Gasteiger partial charge < -0.3 is 11.1 Å². The minimum atomic E-state index is -4.50. The van der Waals surface area contributed by atoms with Gasteiger partial charge in [0.2, 0.25) is 0 Å². The van der Waals surface area contributed by atoms with Crippen molar-refractivity contribution in [2.24, 2.45) is 5.73 Å². The van der Waals surface area contributed by atoms with Crippen LogP contribution in [0.25, 0.3) is 0 Å². The van der Waals surface area contributed by atoms with Gasteiger partial charge in [-0.25, -0.2) is 0 Å². The molecule has 0 saturated heterocycles. The van der Waals surface area contributed by atoms with E-state index in [0.29, 0.717) is 0 Å². The van der Waals surface area contributed by atoms with E-state index in [9.17, 15) is 18.0 Å². The highest BCUT2D eigenvalue weighted by Crippen LogP contribution is 2.27. The molecule has 0 aliphatic carbocycles. The van der Waals surface area contributed by atoms with E-state index in [1.807, 2.05) is 0 Å². The van der Waals surface area contributed by atoms with E-state index in [2.05, 4.69) is 10.3 Å². The molecule has 0 saturated carbocycles. The van der Waals surface area contributed by atoms with E-state index in [0.717, 1.165) is 18.3 Å². The second-order valence-electron chi connectivity index (χ2n) is 3.54. The quantitative estimate of drug-likeness (QED) is 0.842. The van der Waals surface area contributed by atoms with E-state index >= 15 is 0 Å². The molecule has 4 nitrogen and oxygen atoms in total. The first kappa shape index (κ1) is 13.4. The van der Waals surface area contributed by atoms with E-state index < -0.39 is 17.8 Å². The van der Waals surface area contributed by atoms with Gasteiger partial charge in [-0.15, -0.1) is 0 Å². The maximum Gasteiger partial charge on any atom is 0.433 e. The second-order valence-corrected chi connectivity index (χ2v) is 3.54. The van der Waals surface area contributed by atoms with Gasteiger partial charge in [0.15, 0.2) is 0 Å². The number of amides is 1. The molecule has 1 heterocycles. The maximum absolute atomic E-state index is 12.2. The Morgan fingerprint density at radius 3 is 2.59 bits per heavy atom. The zero-order chi connectivity index (χ0) is 13.1. The van der Waals surface area contributed by atoms with Crippen molar-refractivity contribution in [1.29, 1.82) is 0 Å². The Bertz CT molecular complexity index is 389. The second kappa shape index (κ2) is 5.13. The standard InChI is InChI=1S/C10H12F3N3O/c1-6(4-14)16-9(17)7-2-3-8(15-5-7)10(11,12)13/h2-3,5-6H,4,14H2,1H3,(H,16,17). The van der Waals surface area contributed by atoms with Crippen molar-refractivity contribution in [3.63, 3.8) is 0 Å². The SMILES string of the molecule is CC(CN)NC(=O)c1ccc(C(F)(F)F)nc1. The number of nitrogens with one attached hydrogen (secondary N) is 1. The van der Waals surface area contributed by atoms with Crippen molar-refractivity contribution >= 4 is 5.91 Å². The molecule has 1 atom stereocenters. The number of nitrogens with two attached hydrogens (primary N) is 1. The summed E-state index contributed by atoms with van der Waals surface area (Å²) in [6, 6.07) is 1.60. The Kier molecular flexibility index (Phi) is 4.06. The number of hydrogen-bond donors (Lipinski definition) is 2. The van der Waals surface area contributed by atoms with Crippen LogP contribution in [0.2, 0.25) is 0 Å². The number of nitrogens with zero attached hydrogens (tertiary/aromatic N) is 1. The molecule has 0 aliphatic rings. The highest BCUT2D eigenvalue weighted by molar-refractivity contribution is 5.94. The minimum Gasteiger partial charge on any atom is -0.348 e. The summed E-state index contributed by atoms with van der Waals surface area (Å²) >= 11 is 0. The number of halogens is 3. The molecule has 0 radical (unpaired) electrons. The lowest BCUT2D eigenvalue weighted by molar-refractivity contribution is -0.141. The number of alkyl halides is 3. The third-order valence-electron chi connectivity index (χ3n) is 2.05. The summed E-state index contributed by atoms with van der Waals surface area (Å²) in [7, 11) is 0. The molecule has 0 fully saturated rings. The highest BCUT2D eigenvalue weighted by atomic mass is 19.4. The summed E-state index contributed by atoms with van der Waals surface area (Å²) < 4.78 is 36.6. The highest BCUT2D eigenvalue weighted by Gasteiger charge is 2.32. The summed E-state index contributed by atoms with van der Waals surface area (Å²) in [5, 5.41) is 2.52. The van der Waals surface area contributed by atoms with Crippen LogP contribution in [0.15, 0.2) is 18.3 Å². The Balaban J connectivity index is 2.78. The van der Waals surface area contributed by atoms with Crippen LogP contribution in [0.5, 0.6) is 0 Å². The van der Waals surface area contributed by atoms with Gasteiger partial charge in [0.05, 0.1) is 5.56 Å². The zero-order valence-electron chi connectivity index (χ0n) is 9.08. The number of carbonyl (C=O) groups excluding carboxylic acids is 1. The van der Waals surface area contributed by atoms with Crippen molar-refractivity contribution in [3.8, 4) is 0 Å². The topological polar surface area (TPSA) is 68.0 Å². The number of rotatable bonds is 3. The predicted molar refractivity (Wildman–Crippen MR) is 55.2 cm³/mol. The number of carbonyl (C=O) groups is 1. The fourth-order valence-electron chi connectivity index (χ4n) is 1.06. The van der Waals surface area contributed by atoms with E-state index in [4.69, 9.17) is 5.73 Å². The smallest absolute Gasteiger partial charge is 0.348 e. The number of hydrogen-bond acceptors (Lipinski definition) is 3. The largest absolute Gasteiger partial charge is 0.433 e. The van der Waals surface area contributed by atoms with E-state index in [1.165, 1.54) is 0 Å². The minimum absolute atomic E-state index is 0.0679. The zero-order valence-corrected chi connectivity index (χ0v) is 9.08. The fraction of sp³-hybridized carbons (Fsp3) is 0.400.